The average molecular weight is 323 g/mol. The molecule has 0 unspecified atom stereocenters. The van der Waals surface area contributed by atoms with E-state index < -0.39 is 11.7 Å². The largest absolute Gasteiger partial charge is 0.437 e. The van der Waals surface area contributed by atoms with Crippen LogP contribution in [0, 0.1) is 0 Å². The van der Waals surface area contributed by atoms with Gasteiger partial charge in [-0.3, -0.25) is 0 Å². The molecule has 1 heterocycles. The summed E-state index contributed by atoms with van der Waals surface area (Å²) in [7, 11) is 0. The van der Waals surface area contributed by atoms with Gasteiger partial charge in [0, 0.05) is 6.07 Å². The highest BCUT2D eigenvalue weighted by Gasteiger charge is 2.31. The Morgan fingerprint density at radius 2 is 1.85 bits per heavy atom. The van der Waals surface area contributed by atoms with Crippen LogP contribution in [0.3, 0.4) is 0 Å². The predicted molar refractivity (Wildman–Crippen MR) is 70.2 cm³/mol. The molecule has 0 saturated carbocycles. The summed E-state index contributed by atoms with van der Waals surface area (Å²) in [5.74, 6) is -0.542. The molecule has 0 radical (unpaired) electrons. The molecule has 2 aromatic rings. The molecule has 0 aliphatic rings. The molecule has 0 atom stereocenters. The van der Waals surface area contributed by atoms with Crippen LogP contribution in [0.2, 0.25) is 10.0 Å². The summed E-state index contributed by atoms with van der Waals surface area (Å²) in [5.41, 5.74) is 4.37. The van der Waals surface area contributed by atoms with Crippen molar-refractivity contribution in [1.29, 1.82) is 0 Å². The first-order chi connectivity index (χ1) is 9.27. The summed E-state index contributed by atoms with van der Waals surface area (Å²) in [6, 6.07) is 5.96. The van der Waals surface area contributed by atoms with E-state index in [2.05, 4.69) is 4.98 Å². The molecular weight excluding hydrogens is 316 g/mol. The number of hydrogen-bond acceptors (Lipinski definition) is 3. The van der Waals surface area contributed by atoms with E-state index >= 15 is 0 Å². The van der Waals surface area contributed by atoms with Crippen LogP contribution < -0.4 is 10.5 Å². The molecule has 3 nitrogen and oxygen atoms in total. The molecule has 8 heteroatoms. The second-order valence-corrected chi connectivity index (χ2v) is 4.56. The lowest BCUT2D eigenvalue weighted by Gasteiger charge is -2.11. The van der Waals surface area contributed by atoms with Gasteiger partial charge in [0.2, 0.25) is 5.88 Å². The SMILES string of the molecule is Nc1cc(C(F)(F)F)cc(Oc2cccc(Cl)c2Cl)n1. The van der Waals surface area contributed by atoms with E-state index in [0.29, 0.717) is 6.07 Å². The van der Waals surface area contributed by atoms with Gasteiger partial charge in [-0.15, -0.1) is 0 Å². The monoisotopic (exact) mass is 322 g/mol. The van der Waals surface area contributed by atoms with Crippen molar-refractivity contribution in [2.75, 3.05) is 5.73 Å². The third-order valence-electron chi connectivity index (χ3n) is 2.28. The lowest BCUT2D eigenvalue weighted by molar-refractivity contribution is -0.137. The molecule has 2 rings (SSSR count). The number of anilines is 1. The van der Waals surface area contributed by atoms with Gasteiger partial charge in [-0.2, -0.15) is 18.2 Å². The Morgan fingerprint density at radius 1 is 1.15 bits per heavy atom. The second kappa shape index (κ2) is 5.38. The summed E-state index contributed by atoms with van der Waals surface area (Å²) in [5, 5.41) is 0.288. The van der Waals surface area contributed by atoms with Crippen molar-refractivity contribution >= 4 is 29.0 Å². The van der Waals surface area contributed by atoms with E-state index in [1.165, 1.54) is 12.1 Å². The van der Waals surface area contributed by atoms with E-state index in [0.717, 1.165) is 6.07 Å². The van der Waals surface area contributed by atoms with E-state index in [-0.39, 0.29) is 27.5 Å². The number of pyridine rings is 1. The summed E-state index contributed by atoms with van der Waals surface area (Å²) < 4.78 is 43.1. The topological polar surface area (TPSA) is 48.1 Å². The number of ether oxygens (including phenoxy) is 1. The van der Waals surface area contributed by atoms with Crippen molar-refractivity contribution in [3.8, 4) is 11.6 Å². The van der Waals surface area contributed by atoms with E-state index in [1.54, 1.807) is 6.07 Å². The molecular formula is C12H7Cl2F3N2O. The molecule has 1 aromatic heterocycles. The molecule has 0 aliphatic carbocycles. The maximum Gasteiger partial charge on any atom is 0.416 e. The van der Waals surface area contributed by atoms with Gasteiger partial charge >= 0.3 is 6.18 Å². The van der Waals surface area contributed by atoms with Gasteiger partial charge in [-0.05, 0) is 18.2 Å². The minimum absolute atomic E-state index is 0.0759. The first kappa shape index (κ1) is 14.7. The molecule has 1 aromatic carbocycles. The van der Waals surface area contributed by atoms with E-state index in [9.17, 15) is 13.2 Å². The zero-order chi connectivity index (χ0) is 14.9. The molecule has 0 saturated heterocycles. The molecule has 0 spiro atoms. The van der Waals surface area contributed by atoms with Gasteiger partial charge in [-0.1, -0.05) is 29.3 Å². The summed E-state index contributed by atoms with van der Waals surface area (Å²) >= 11 is 11.7. The Hall–Kier alpha value is -1.66. The molecule has 2 N–H and O–H groups in total. The Bertz CT molecular complexity index is 647. The van der Waals surface area contributed by atoms with Crippen LogP contribution in [0.1, 0.15) is 5.56 Å². The summed E-state index contributed by atoms with van der Waals surface area (Å²) in [6.07, 6.45) is -4.55. The van der Waals surface area contributed by atoms with Crippen LogP contribution in [-0.4, -0.2) is 4.98 Å². The first-order valence-electron chi connectivity index (χ1n) is 5.24. The lowest BCUT2D eigenvalue weighted by atomic mass is 10.2. The Kier molecular flexibility index (Phi) is 3.96. The normalized spacial score (nSPS) is 11.4. The number of aromatic nitrogens is 1. The van der Waals surface area contributed by atoms with Gasteiger partial charge in [0.15, 0.2) is 0 Å². The third kappa shape index (κ3) is 3.26. The fourth-order valence-electron chi connectivity index (χ4n) is 1.42. The van der Waals surface area contributed by atoms with Crippen molar-refractivity contribution in [2.24, 2.45) is 0 Å². The molecule has 0 amide bonds. The highest BCUT2D eigenvalue weighted by molar-refractivity contribution is 6.42. The fourth-order valence-corrected chi connectivity index (χ4v) is 1.75. The quantitative estimate of drug-likeness (QED) is 0.865. The minimum Gasteiger partial charge on any atom is -0.437 e. The number of alkyl halides is 3. The van der Waals surface area contributed by atoms with Gasteiger partial charge in [0.05, 0.1) is 10.6 Å². The molecule has 20 heavy (non-hydrogen) atoms. The Morgan fingerprint density at radius 3 is 2.50 bits per heavy atom. The smallest absolute Gasteiger partial charge is 0.416 e. The zero-order valence-electron chi connectivity index (χ0n) is 9.71. The van der Waals surface area contributed by atoms with Crippen molar-refractivity contribution in [3.05, 3.63) is 45.9 Å². The number of nitrogens with two attached hydrogens (primary N) is 1. The number of rotatable bonds is 2. The minimum atomic E-state index is -4.55. The van der Waals surface area contributed by atoms with Gasteiger partial charge in [0.25, 0.3) is 0 Å². The van der Waals surface area contributed by atoms with Crippen LogP contribution in [0.5, 0.6) is 11.6 Å². The van der Waals surface area contributed by atoms with Crippen molar-refractivity contribution in [1.82, 2.24) is 4.98 Å². The standard InChI is InChI=1S/C12H7Cl2F3N2O/c13-7-2-1-3-8(11(7)14)20-10-5-6(12(15,16)17)4-9(18)19-10/h1-5H,(H2,18,19). The van der Waals surface area contributed by atoms with Gasteiger partial charge in [-0.25, -0.2) is 0 Å². The summed E-state index contributed by atoms with van der Waals surface area (Å²) in [4.78, 5) is 3.67. The highest BCUT2D eigenvalue weighted by Crippen LogP contribution is 2.36. The van der Waals surface area contributed by atoms with Gasteiger partial charge < -0.3 is 10.5 Å². The molecule has 0 bridgehead atoms. The first-order valence-corrected chi connectivity index (χ1v) is 5.99. The highest BCUT2D eigenvalue weighted by atomic mass is 35.5. The number of nitrogens with zero attached hydrogens (tertiary/aromatic N) is 1. The van der Waals surface area contributed by atoms with Crippen molar-refractivity contribution < 1.29 is 17.9 Å². The average Bonchev–Trinajstić information content (AvgIpc) is 2.33. The predicted octanol–water partition coefficient (Wildman–Crippen LogP) is 4.78. The number of hydrogen-bond donors (Lipinski definition) is 1. The second-order valence-electron chi connectivity index (χ2n) is 3.77. The number of halogens is 5. The lowest BCUT2D eigenvalue weighted by Crippen LogP contribution is -2.07. The number of benzene rings is 1. The maximum atomic E-state index is 12.6. The Balaban J connectivity index is 2.39. The molecule has 106 valence electrons. The van der Waals surface area contributed by atoms with E-state index in [4.69, 9.17) is 33.7 Å². The summed E-state index contributed by atoms with van der Waals surface area (Å²) in [6.45, 7) is 0. The Labute approximate surface area is 122 Å². The van der Waals surface area contributed by atoms with Crippen LogP contribution in [0.25, 0.3) is 0 Å². The zero-order valence-corrected chi connectivity index (χ0v) is 11.2. The molecule has 0 aliphatic heterocycles. The van der Waals surface area contributed by atoms with Crippen molar-refractivity contribution in [2.45, 2.75) is 6.18 Å². The van der Waals surface area contributed by atoms with Crippen LogP contribution in [0.4, 0.5) is 19.0 Å². The molecule has 0 fully saturated rings. The van der Waals surface area contributed by atoms with Gasteiger partial charge in [0.1, 0.15) is 16.6 Å². The third-order valence-corrected chi connectivity index (χ3v) is 3.08. The maximum absolute atomic E-state index is 12.6. The van der Waals surface area contributed by atoms with Crippen molar-refractivity contribution in [3.63, 3.8) is 0 Å². The van der Waals surface area contributed by atoms with Crippen LogP contribution in [-0.2, 0) is 6.18 Å². The fraction of sp³-hybridized carbons (Fsp3) is 0.0833. The van der Waals surface area contributed by atoms with Crippen LogP contribution in [0.15, 0.2) is 30.3 Å². The van der Waals surface area contributed by atoms with E-state index in [1.807, 2.05) is 0 Å². The number of nitrogen functional groups attached to an aromatic ring is 1. The van der Waals surface area contributed by atoms with Crippen LogP contribution >= 0.6 is 23.2 Å².